The van der Waals surface area contributed by atoms with Crippen LogP contribution in [-0.4, -0.2) is 27.9 Å². The largest absolute Gasteiger partial charge is 0.308 e. The summed E-state index contributed by atoms with van der Waals surface area (Å²) in [5.74, 6) is -1.16. The van der Waals surface area contributed by atoms with Gasteiger partial charge in [-0.15, -0.1) is 0 Å². The molecule has 9 rings (SSSR count). The van der Waals surface area contributed by atoms with Gasteiger partial charge in [0.05, 0.1) is 33.5 Å². The van der Waals surface area contributed by atoms with Crippen LogP contribution < -0.4 is 4.90 Å². The summed E-state index contributed by atoms with van der Waals surface area (Å²) in [6, 6.07) is 51.7. The van der Waals surface area contributed by atoms with E-state index < -0.39 is 11.8 Å². The Morgan fingerprint density at radius 1 is 0.423 bits per heavy atom. The van der Waals surface area contributed by atoms with E-state index in [1.165, 1.54) is 4.90 Å². The standard InChI is InChI=1S/C46H28N2O4/c49-43(31-13-6-2-7-14-31)33-21-25-36-37-26-22-34(44(50)32-15-8-3-9-16-32)28-41(37)48(40(36)27-33)39-18-10-17-38-42(39)46(52)47(45(38)51)35-23-19-30(20-24-35)29-11-4-1-5-12-29/h1-28H. The molecule has 7 aromatic carbocycles. The molecule has 52 heavy (non-hydrogen) atoms. The summed E-state index contributed by atoms with van der Waals surface area (Å²) in [5, 5.41) is 1.67. The van der Waals surface area contributed by atoms with Gasteiger partial charge >= 0.3 is 0 Å². The van der Waals surface area contributed by atoms with Crippen LogP contribution in [-0.2, 0) is 0 Å². The molecule has 0 saturated heterocycles. The third-order valence-corrected chi connectivity index (χ3v) is 9.73. The van der Waals surface area contributed by atoms with Gasteiger partial charge in [0.1, 0.15) is 0 Å². The van der Waals surface area contributed by atoms with Gasteiger partial charge in [-0.1, -0.05) is 133 Å². The highest BCUT2D eigenvalue weighted by Crippen LogP contribution is 2.39. The van der Waals surface area contributed by atoms with Crippen LogP contribution in [0.25, 0.3) is 38.6 Å². The van der Waals surface area contributed by atoms with E-state index in [1.807, 2.05) is 114 Å². The number of nitrogens with zero attached hydrogens (tertiary/aromatic N) is 2. The number of ketones is 2. The molecule has 8 aromatic rings. The van der Waals surface area contributed by atoms with E-state index >= 15 is 0 Å². The van der Waals surface area contributed by atoms with Crippen LogP contribution in [0, 0.1) is 0 Å². The zero-order valence-corrected chi connectivity index (χ0v) is 27.7. The second-order valence-electron chi connectivity index (χ2n) is 12.7. The first-order valence-corrected chi connectivity index (χ1v) is 16.9. The number of hydrogen-bond donors (Lipinski definition) is 0. The molecule has 0 fully saturated rings. The maximum atomic E-state index is 14.5. The number of carbonyl (C=O) groups excluding carboxylic acids is 4. The maximum Gasteiger partial charge on any atom is 0.268 e. The molecule has 0 radical (unpaired) electrons. The van der Waals surface area contributed by atoms with E-state index in [0.717, 1.165) is 21.9 Å². The van der Waals surface area contributed by atoms with Gasteiger partial charge in [-0.25, -0.2) is 4.90 Å². The van der Waals surface area contributed by atoms with Crippen LogP contribution in [0.3, 0.4) is 0 Å². The lowest BCUT2D eigenvalue weighted by atomic mass is 10.0. The predicted molar refractivity (Wildman–Crippen MR) is 204 cm³/mol. The van der Waals surface area contributed by atoms with Crippen LogP contribution in [0.1, 0.15) is 52.6 Å². The maximum absolute atomic E-state index is 14.5. The number of benzene rings is 7. The van der Waals surface area contributed by atoms with Gasteiger partial charge in [0, 0.05) is 33.0 Å². The second-order valence-corrected chi connectivity index (χ2v) is 12.7. The summed E-state index contributed by atoms with van der Waals surface area (Å²) in [6.45, 7) is 0. The molecule has 0 aliphatic carbocycles. The van der Waals surface area contributed by atoms with Crippen LogP contribution in [0.15, 0.2) is 170 Å². The third kappa shape index (κ3) is 4.96. The Morgan fingerprint density at radius 3 is 1.46 bits per heavy atom. The molecule has 0 atom stereocenters. The highest BCUT2D eigenvalue weighted by molar-refractivity contribution is 6.36. The Balaban J connectivity index is 1.23. The van der Waals surface area contributed by atoms with Crippen molar-refractivity contribution in [3.8, 4) is 16.8 Å². The van der Waals surface area contributed by atoms with E-state index in [-0.39, 0.29) is 22.7 Å². The van der Waals surface area contributed by atoms with Crippen molar-refractivity contribution < 1.29 is 19.2 Å². The number of amides is 2. The van der Waals surface area contributed by atoms with E-state index in [9.17, 15) is 19.2 Å². The minimum Gasteiger partial charge on any atom is -0.308 e. The van der Waals surface area contributed by atoms with Crippen molar-refractivity contribution in [1.82, 2.24) is 4.57 Å². The van der Waals surface area contributed by atoms with Gasteiger partial charge < -0.3 is 4.57 Å². The molecule has 0 spiro atoms. The van der Waals surface area contributed by atoms with Crippen molar-refractivity contribution in [2.45, 2.75) is 0 Å². The molecule has 2 amide bonds. The van der Waals surface area contributed by atoms with Crippen LogP contribution in [0.5, 0.6) is 0 Å². The molecule has 1 aromatic heterocycles. The molecule has 1 aliphatic rings. The van der Waals surface area contributed by atoms with E-state index in [2.05, 4.69) is 0 Å². The number of anilines is 1. The number of fused-ring (bicyclic) bond motifs is 4. The van der Waals surface area contributed by atoms with Crippen LogP contribution in [0.2, 0.25) is 0 Å². The molecule has 246 valence electrons. The van der Waals surface area contributed by atoms with Crippen molar-refractivity contribution in [1.29, 1.82) is 0 Å². The molecule has 0 bridgehead atoms. The lowest BCUT2D eigenvalue weighted by Gasteiger charge is -2.15. The summed E-state index contributed by atoms with van der Waals surface area (Å²) >= 11 is 0. The number of rotatable bonds is 7. The lowest BCUT2D eigenvalue weighted by molar-refractivity contribution is 0.0924. The first-order valence-electron chi connectivity index (χ1n) is 16.9. The normalized spacial score (nSPS) is 12.4. The zero-order valence-electron chi connectivity index (χ0n) is 27.7. The topological polar surface area (TPSA) is 76.5 Å². The average Bonchev–Trinajstić information content (AvgIpc) is 3.67. The quantitative estimate of drug-likeness (QED) is 0.125. The molecule has 0 N–H and O–H groups in total. The Bertz CT molecular complexity index is 2620. The summed E-state index contributed by atoms with van der Waals surface area (Å²) in [5.41, 5.74) is 6.84. The van der Waals surface area contributed by atoms with Crippen LogP contribution in [0.4, 0.5) is 5.69 Å². The lowest BCUT2D eigenvalue weighted by Crippen LogP contribution is -2.29. The van der Waals surface area contributed by atoms with E-state index in [4.69, 9.17) is 0 Å². The highest BCUT2D eigenvalue weighted by atomic mass is 16.2. The van der Waals surface area contributed by atoms with Crippen molar-refractivity contribution >= 4 is 50.9 Å². The SMILES string of the molecule is O=C(c1ccccc1)c1ccc2c3ccc(C(=O)c4ccccc4)cc3n(-c3cccc4c3C(=O)N(c3ccc(-c5ccccc5)cc3)C4=O)c2c1. The van der Waals surface area contributed by atoms with E-state index in [0.29, 0.717) is 44.7 Å². The van der Waals surface area contributed by atoms with E-state index in [1.54, 1.807) is 60.7 Å². The fourth-order valence-corrected chi connectivity index (χ4v) is 7.19. The molecule has 6 nitrogen and oxygen atoms in total. The monoisotopic (exact) mass is 672 g/mol. The molecule has 1 aliphatic heterocycles. The first kappa shape index (κ1) is 30.8. The van der Waals surface area contributed by atoms with Gasteiger partial charge in [-0.05, 0) is 47.5 Å². The van der Waals surface area contributed by atoms with Crippen LogP contribution >= 0.6 is 0 Å². The Kier molecular flexibility index (Phi) is 7.30. The number of carbonyl (C=O) groups is 4. The molecule has 0 saturated carbocycles. The van der Waals surface area contributed by atoms with Gasteiger partial charge in [0.2, 0.25) is 0 Å². The molecule has 2 heterocycles. The Labute approximate surface area is 298 Å². The molecule has 6 heteroatoms. The van der Waals surface area contributed by atoms with Gasteiger partial charge in [-0.2, -0.15) is 0 Å². The van der Waals surface area contributed by atoms with Gasteiger partial charge in [0.15, 0.2) is 11.6 Å². The Morgan fingerprint density at radius 2 is 0.923 bits per heavy atom. The van der Waals surface area contributed by atoms with Gasteiger partial charge in [-0.3, -0.25) is 19.2 Å². The first-order chi connectivity index (χ1) is 25.5. The molecular weight excluding hydrogens is 645 g/mol. The predicted octanol–water partition coefficient (Wildman–Crippen LogP) is 9.71. The summed E-state index contributed by atoms with van der Waals surface area (Å²) < 4.78 is 1.90. The fraction of sp³-hybridized carbons (Fsp3) is 0. The average molecular weight is 673 g/mol. The van der Waals surface area contributed by atoms with Crippen molar-refractivity contribution in [2.24, 2.45) is 0 Å². The number of hydrogen-bond acceptors (Lipinski definition) is 4. The number of aromatic nitrogens is 1. The molecule has 0 unspecified atom stereocenters. The third-order valence-electron chi connectivity index (χ3n) is 9.73. The summed E-state index contributed by atoms with van der Waals surface area (Å²) in [4.78, 5) is 57.1. The minimum absolute atomic E-state index is 0.145. The van der Waals surface area contributed by atoms with Crippen molar-refractivity contribution in [3.05, 3.63) is 203 Å². The highest BCUT2D eigenvalue weighted by Gasteiger charge is 2.39. The van der Waals surface area contributed by atoms with Crippen molar-refractivity contribution in [2.75, 3.05) is 4.90 Å². The smallest absolute Gasteiger partial charge is 0.268 e. The minimum atomic E-state index is -0.453. The molecular formula is C46H28N2O4. The fourth-order valence-electron chi connectivity index (χ4n) is 7.19. The summed E-state index contributed by atoms with van der Waals surface area (Å²) in [7, 11) is 0. The Hall–Kier alpha value is -7.18. The number of imide groups is 1. The summed E-state index contributed by atoms with van der Waals surface area (Å²) in [6.07, 6.45) is 0. The van der Waals surface area contributed by atoms with Crippen molar-refractivity contribution in [3.63, 3.8) is 0 Å². The van der Waals surface area contributed by atoms with Gasteiger partial charge in [0.25, 0.3) is 11.8 Å². The second kappa shape index (κ2) is 12.3. The zero-order chi connectivity index (χ0) is 35.3.